The molecule has 7 nitrogen and oxygen atoms in total. The average Bonchev–Trinajstić information content (AvgIpc) is 3.14. The number of fused-ring (bicyclic) bond motifs is 2. The molecule has 0 aliphatic heterocycles. The lowest BCUT2D eigenvalue weighted by atomic mass is 10.1. The van der Waals surface area contributed by atoms with Crippen LogP contribution in [0.3, 0.4) is 0 Å². The molecule has 158 valence electrons. The van der Waals surface area contributed by atoms with Gasteiger partial charge in [0.15, 0.2) is 5.65 Å². The van der Waals surface area contributed by atoms with Crippen molar-refractivity contribution >= 4 is 33.7 Å². The largest absolute Gasteiger partial charge is 0.383 e. The highest BCUT2D eigenvalue weighted by atomic mass is 16.1. The molecule has 0 aliphatic carbocycles. The van der Waals surface area contributed by atoms with Crippen LogP contribution >= 0.6 is 0 Å². The van der Waals surface area contributed by atoms with E-state index >= 15 is 0 Å². The van der Waals surface area contributed by atoms with E-state index in [0.717, 1.165) is 27.9 Å². The van der Waals surface area contributed by atoms with Crippen molar-refractivity contribution in [3.05, 3.63) is 94.3 Å². The summed E-state index contributed by atoms with van der Waals surface area (Å²) >= 11 is 0. The molecule has 7 heteroatoms. The molecule has 0 fully saturated rings. The lowest BCUT2D eigenvalue weighted by Gasteiger charge is -2.17. The van der Waals surface area contributed by atoms with E-state index < -0.39 is 0 Å². The number of hydrogen-bond donors (Lipinski definition) is 1. The van der Waals surface area contributed by atoms with Gasteiger partial charge in [0.25, 0.3) is 5.56 Å². The van der Waals surface area contributed by atoms with Crippen LogP contribution in [-0.4, -0.2) is 24.3 Å². The summed E-state index contributed by atoms with van der Waals surface area (Å²) in [5.74, 6) is 0.349. The number of nitrogens with two attached hydrogens (primary N) is 1. The van der Waals surface area contributed by atoms with Gasteiger partial charge in [0, 0.05) is 5.69 Å². The zero-order valence-corrected chi connectivity index (χ0v) is 17.9. The molecule has 0 saturated carbocycles. The van der Waals surface area contributed by atoms with Gasteiger partial charge in [-0.25, -0.2) is 14.6 Å². The van der Waals surface area contributed by atoms with Gasteiger partial charge in [-0.2, -0.15) is 5.10 Å². The fourth-order valence-electron chi connectivity index (χ4n) is 4.25. The molecule has 32 heavy (non-hydrogen) atoms. The van der Waals surface area contributed by atoms with E-state index in [1.807, 2.05) is 62.4 Å². The number of nitrogen functional groups attached to an aromatic ring is 1. The lowest BCUT2D eigenvalue weighted by Crippen LogP contribution is -2.25. The van der Waals surface area contributed by atoms with Crippen LogP contribution in [0.25, 0.3) is 33.6 Å². The number of pyridine rings is 1. The van der Waals surface area contributed by atoms with Crippen LogP contribution in [0.1, 0.15) is 22.5 Å². The molecule has 0 radical (unpaired) electrons. The molecule has 0 spiro atoms. The van der Waals surface area contributed by atoms with Gasteiger partial charge in [-0.15, -0.1) is 0 Å². The SMILES string of the molecule is C=Cc1nn(Cc2cc3cccc(C)c3c(=O)n2-c2ccccc2C)c2ncnc(N)c12. The molecule has 2 aromatic carbocycles. The number of nitrogens with zero attached hydrogens (tertiary/aromatic N) is 5. The van der Waals surface area contributed by atoms with Gasteiger partial charge in [-0.3, -0.25) is 9.36 Å². The minimum absolute atomic E-state index is 0.0561. The van der Waals surface area contributed by atoms with Crippen LogP contribution < -0.4 is 11.3 Å². The number of rotatable bonds is 4. The maximum absolute atomic E-state index is 13.8. The van der Waals surface area contributed by atoms with E-state index in [1.54, 1.807) is 15.3 Å². The Hall–Kier alpha value is -4.26. The highest BCUT2D eigenvalue weighted by molar-refractivity contribution is 5.92. The van der Waals surface area contributed by atoms with E-state index in [-0.39, 0.29) is 5.56 Å². The van der Waals surface area contributed by atoms with Crippen molar-refractivity contribution < 1.29 is 0 Å². The van der Waals surface area contributed by atoms with Gasteiger partial charge in [-0.1, -0.05) is 43.0 Å². The van der Waals surface area contributed by atoms with E-state index in [4.69, 9.17) is 5.73 Å². The first-order chi connectivity index (χ1) is 15.5. The molecule has 0 aliphatic rings. The van der Waals surface area contributed by atoms with E-state index in [0.29, 0.717) is 34.5 Å². The molecule has 0 unspecified atom stereocenters. The van der Waals surface area contributed by atoms with Gasteiger partial charge in [-0.05, 0) is 48.6 Å². The maximum Gasteiger partial charge on any atom is 0.263 e. The van der Waals surface area contributed by atoms with Gasteiger partial charge in [0.1, 0.15) is 12.1 Å². The Morgan fingerprint density at radius 1 is 1.03 bits per heavy atom. The summed E-state index contributed by atoms with van der Waals surface area (Å²) in [5, 5.41) is 6.91. The lowest BCUT2D eigenvalue weighted by molar-refractivity contribution is 0.668. The third-order valence-electron chi connectivity index (χ3n) is 5.78. The molecule has 3 heterocycles. The molecule has 0 amide bonds. The Morgan fingerprint density at radius 2 is 1.81 bits per heavy atom. The minimum Gasteiger partial charge on any atom is -0.383 e. The second-order valence-corrected chi connectivity index (χ2v) is 7.81. The molecule has 0 bridgehead atoms. The summed E-state index contributed by atoms with van der Waals surface area (Å²) in [7, 11) is 0. The van der Waals surface area contributed by atoms with Gasteiger partial charge in [0.2, 0.25) is 0 Å². The van der Waals surface area contributed by atoms with Crippen molar-refractivity contribution in [1.82, 2.24) is 24.3 Å². The van der Waals surface area contributed by atoms with E-state index in [9.17, 15) is 4.79 Å². The molecule has 5 aromatic rings. The summed E-state index contributed by atoms with van der Waals surface area (Å²) < 4.78 is 3.52. The number of benzene rings is 2. The minimum atomic E-state index is -0.0561. The van der Waals surface area contributed by atoms with Crippen LogP contribution in [-0.2, 0) is 6.54 Å². The van der Waals surface area contributed by atoms with Crippen LogP contribution in [0.2, 0.25) is 0 Å². The molecule has 3 aromatic heterocycles. The molecular formula is C25H22N6O. The first kappa shape index (κ1) is 19.7. The molecule has 0 atom stereocenters. The summed E-state index contributed by atoms with van der Waals surface area (Å²) in [6, 6.07) is 15.8. The maximum atomic E-state index is 13.8. The zero-order chi connectivity index (χ0) is 22.4. The monoisotopic (exact) mass is 422 g/mol. The van der Waals surface area contributed by atoms with Crippen LogP contribution in [0.5, 0.6) is 0 Å². The molecule has 5 rings (SSSR count). The normalized spacial score (nSPS) is 11.3. The summed E-state index contributed by atoms with van der Waals surface area (Å²) in [4.78, 5) is 22.3. The Bertz CT molecular complexity index is 1580. The van der Waals surface area contributed by atoms with Crippen molar-refractivity contribution in [3.63, 3.8) is 0 Å². The quantitative estimate of drug-likeness (QED) is 0.472. The Labute approximate surface area is 184 Å². The van der Waals surface area contributed by atoms with Crippen molar-refractivity contribution in [3.8, 4) is 5.69 Å². The number of para-hydroxylation sites is 1. The zero-order valence-electron chi connectivity index (χ0n) is 17.9. The van der Waals surface area contributed by atoms with Crippen molar-refractivity contribution in [2.75, 3.05) is 5.73 Å². The molecule has 0 saturated heterocycles. The molecule has 2 N–H and O–H groups in total. The fourth-order valence-corrected chi connectivity index (χ4v) is 4.25. The van der Waals surface area contributed by atoms with Crippen molar-refractivity contribution in [2.45, 2.75) is 20.4 Å². The Morgan fingerprint density at radius 3 is 2.59 bits per heavy atom. The number of hydrogen-bond acceptors (Lipinski definition) is 5. The van der Waals surface area contributed by atoms with Gasteiger partial charge < -0.3 is 5.73 Å². The van der Waals surface area contributed by atoms with Gasteiger partial charge in [0.05, 0.1) is 28.7 Å². The fraction of sp³-hybridized carbons (Fsp3) is 0.120. The Kier molecular flexibility index (Phi) is 4.59. The second-order valence-electron chi connectivity index (χ2n) is 7.81. The average molecular weight is 422 g/mol. The number of anilines is 1. The summed E-state index contributed by atoms with van der Waals surface area (Å²) in [5.41, 5.74) is 10.8. The summed E-state index contributed by atoms with van der Waals surface area (Å²) in [6.07, 6.45) is 3.05. The van der Waals surface area contributed by atoms with E-state index in [2.05, 4.69) is 21.6 Å². The third-order valence-corrected chi connectivity index (χ3v) is 5.78. The molecular weight excluding hydrogens is 400 g/mol. The third kappa shape index (κ3) is 2.98. The number of aryl methyl sites for hydroxylation is 2. The van der Waals surface area contributed by atoms with Crippen molar-refractivity contribution in [2.24, 2.45) is 0 Å². The predicted octanol–water partition coefficient (Wildman–Crippen LogP) is 4.02. The van der Waals surface area contributed by atoms with Crippen LogP contribution in [0, 0.1) is 13.8 Å². The van der Waals surface area contributed by atoms with Crippen molar-refractivity contribution in [1.29, 1.82) is 0 Å². The second kappa shape index (κ2) is 7.46. The summed E-state index contributed by atoms with van der Waals surface area (Å²) in [6.45, 7) is 8.13. The standard InChI is InChI=1S/C25H22N6O/c1-4-19-22-23(26)27-14-28-24(22)30(29-19)13-18-12-17-10-7-9-16(3)21(17)25(32)31(18)20-11-6-5-8-15(20)2/h4-12,14H,1,13H2,2-3H3,(H2,26,27,28). The van der Waals surface area contributed by atoms with Crippen LogP contribution in [0.4, 0.5) is 5.82 Å². The smallest absolute Gasteiger partial charge is 0.263 e. The number of aromatic nitrogens is 5. The Balaban J connectivity index is 1.82. The first-order valence-electron chi connectivity index (χ1n) is 10.3. The highest BCUT2D eigenvalue weighted by Crippen LogP contribution is 2.25. The van der Waals surface area contributed by atoms with E-state index in [1.165, 1.54) is 6.33 Å². The predicted molar refractivity (Wildman–Crippen MR) is 128 cm³/mol. The topological polar surface area (TPSA) is 91.6 Å². The van der Waals surface area contributed by atoms with Gasteiger partial charge >= 0.3 is 0 Å². The van der Waals surface area contributed by atoms with Crippen LogP contribution in [0.15, 0.2) is 66.2 Å². The highest BCUT2D eigenvalue weighted by Gasteiger charge is 2.18. The first-order valence-corrected chi connectivity index (χ1v) is 10.3.